The zero-order valence-electron chi connectivity index (χ0n) is 17.5. The van der Waals surface area contributed by atoms with E-state index in [2.05, 4.69) is 28.4 Å². The molecule has 0 unspecified atom stereocenters. The molecule has 0 saturated carbocycles. The zero-order chi connectivity index (χ0) is 21.1. The van der Waals surface area contributed by atoms with Gasteiger partial charge in [0.25, 0.3) is 0 Å². The van der Waals surface area contributed by atoms with E-state index in [0.29, 0.717) is 6.42 Å². The molecule has 1 N–H and O–H groups in total. The molecule has 0 spiro atoms. The Labute approximate surface area is 181 Å². The van der Waals surface area contributed by atoms with E-state index >= 15 is 0 Å². The van der Waals surface area contributed by atoms with E-state index in [9.17, 15) is 4.79 Å². The van der Waals surface area contributed by atoms with Gasteiger partial charge in [-0.05, 0) is 67.6 Å². The van der Waals surface area contributed by atoms with Crippen LogP contribution in [0.4, 0.5) is 10.8 Å². The Kier molecular flexibility index (Phi) is 5.99. The van der Waals surface area contributed by atoms with E-state index in [-0.39, 0.29) is 11.9 Å². The number of hydrogen-bond acceptors (Lipinski definition) is 6. The second-order valence-electron chi connectivity index (χ2n) is 7.66. The summed E-state index contributed by atoms with van der Waals surface area (Å²) in [6.07, 6.45) is 2.43. The lowest BCUT2D eigenvalue weighted by Gasteiger charge is -2.22. The molecule has 1 saturated heterocycles. The highest BCUT2D eigenvalue weighted by atomic mass is 32.1. The maximum Gasteiger partial charge on any atom is 0.247 e. The first-order chi connectivity index (χ1) is 14.5. The molecule has 2 heterocycles. The Morgan fingerprint density at radius 2 is 2.10 bits per heavy atom. The number of aryl methyl sites for hydroxylation is 2. The summed E-state index contributed by atoms with van der Waals surface area (Å²) < 4.78 is 9.82. The molecule has 1 atom stereocenters. The second kappa shape index (κ2) is 8.83. The average molecular weight is 423 g/mol. The third-order valence-corrected chi connectivity index (χ3v) is 6.32. The van der Waals surface area contributed by atoms with Crippen molar-refractivity contribution in [1.29, 1.82) is 0 Å². The first-order valence-corrected chi connectivity index (χ1v) is 10.9. The molecule has 0 aliphatic carbocycles. The van der Waals surface area contributed by atoms with E-state index in [0.717, 1.165) is 47.3 Å². The van der Waals surface area contributed by atoms with Gasteiger partial charge in [-0.15, -0.1) is 0 Å². The summed E-state index contributed by atoms with van der Waals surface area (Å²) in [5, 5.41) is 3.88. The Hall–Kier alpha value is -2.93. The Morgan fingerprint density at radius 1 is 1.23 bits per heavy atom. The van der Waals surface area contributed by atoms with Gasteiger partial charge in [-0.3, -0.25) is 4.79 Å². The lowest BCUT2D eigenvalue weighted by Crippen LogP contribution is -2.39. The minimum absolute atomic E-state index is 0.0142. The molecular weight excluding hydrogens is 396 g/mol. The molecule has 3 aromatic rings. The molecule has 1 aliphatic heterocycles. The van der Waals surface area contributed by atoms with E-state index < -0.39 is 0 Å². The summed E-state index contributed by atoms with van der Waals surface area (Å²) in [4.78, 5) is 19.8. The zero-order valence-corrected chi connectivity index (χ0v) is 18.3. The van der Waals surface area contributed by atoms with Crippen LogP contribution in [0.1, 0.15) is 35.4 Å². The first kappa shape index (κ1) is 20.3. The fraction of sp³-hybridized carbons (Fsp3) is 0.348. The van der Waals surface area contributed by atoms with Crippen LogP contribution in [0.2, 0.25) is 0 Å². The van der Waals surface area contributed by atoms with Gasteiger partial charge >= 0.3 is 0 Å². The van der Waals surface area contributed by atoms with Gasteiger partial charge in [0.05, 0.1) is 7.11 Å². The number of carbonyl (C=O) groups excluding carboxylic acids is 1. The monoisotopic (exact) mass is 422 g/mol. The van der Waals surface area contributed by atoms with Gasteiger partial charge in [-0.2, -0.15) is 4.37 Å². The fourth-order valence-electron chi connectivity index (χ4n) is 3.71. The van der Waals surface area contributed by atoms with Crippen molar-refractivity contribution in [3.8, 4) is 5.75 Å². The quantitative estimate of drug-likeness (QED) is 0.639. The smallest absolute Gasteiger partial charge is 0.247 e. The highest BCUT2D eigenvalue weighted by Gasteiger charge is 2.33. The molecule has 30 heavy (non-hydrogen) atoms. The maximum absolute atomic E-state index is 13.0. The normalized spacial score (nSPS) is 16.0. The Morgan fingerprint density at radius 3 is 2.90 bits per heavy atom. The van der Waals surface area contributed by atoms with Crippen molar-refractivity contribution in [1.82, 2.24) is 9.36 Å². The first-order valence-electron chi connectivity index (χ1n) is 10.1. The number of nitrogens with zero attached hydrogens (tertiary/aromatic N) is 3. The van der Waals surface area contributed by atoms with Crippen LogP contribution in [0.15, 0.2) is 42.5 Å². The van der Waals surface area contributed by atoms with Gasteiger partial charge in [0, 0.05) is 30.2 Å². The minimum atomic E-state index is -0.218. The molecule has 1 fully saturated rings. The minimum Gasteiger partial charge on any atom is -0.497 e. The summed E-state index contributed by atoms with van der Waals surface area (Å²) in [6.45, 7) is 4.94. The van der Waals surface area contributed by atoms with Crippen LogP contribution >= 0.6 is 11.5 Å². The number of ether oxygens (including phenoxy) is 1. The van der Waals surface area contributed by atoms with Crippen molar-refractivity contribution in [3.05, 3.63) is 65.0 Å². The van der Waals surface area contributed by atoms with Crippen molar-refractivity contribution in [3.63, 3.8) is 0 Å². The van der Waals surface area contributed by atoms with Crippen LogP contribution in [0.25, 0.3) is 0 Å². The van der Waals surface area contributed by atoms with E-state index in [1.54, 1.807) is 7.11 Å². The summed E-state index contributed by atoms with van der Waals surface area (Å²) >= 11 is 1.36. The van der Waals surface area contributed by atoms with Crippen LogP contribution < -0.4 is 15.0 Å². The number of carbonyl (C=O) groups is 1. The number of aromatic nitrogens is 2. The predicted octanol–water partition coefficient (Wildman–Crippen LogP) is 4.36. The third-order valence-electron chi connectivity index (χ3n) is 5.53. The molecule has 1 aliphatic rings. The molecule has 2 aromatic carbocycles. The molecule has 1 aromatic heterocycles. The van der Waals surface area contributed by atoms with Crippen molar-refractivity contribution >= 4 is 28.3 Å². The van der Waals surface area contributed by atoms with Crippen molar-refractivity contribution in [2.75, 3.05) is 23.9 Å². The number of amides is 1. The molecule has 1 amide bonds. The van der Waals surface area contributed by atoms with Crippen LogP contribution in [0.5, 0.6) is 5.75 Å². The summed E-state index contributed by atoms with van der Waals surface area (Å²) in [7, 11) is 1.66. The lowest BCUT2D eigenvalue weighted by molar-refractivity contribution is -0.117. The lowest BCUT2D eigenvalue weighted by atomic mass is 10.1. The standard InChI is InChI=1S/C23H26N4O2S/c1-15-9-10-18(12-16(15)2)24-22(28)20-8-5-11-27(20)23-25-21(26-30-23)14-17-6-4-7-19(13-17)29-3/h4,6-7,9-10,12-13,20H,5,8,11,14H2,1-3H3,(H,24,28)/t20-/m0/s1. The van der Waals surface area contributed by atoms with Gasteiger partial charge in [-0.1, -0.05) is 18.2 Å². The molecule has 4 rings (SSSR count). The number of nitrogens with one attached hydrogen (secondary N) is 1. The van der Waals surface area contributed by atoms with Crippen molar-refractivity contribution in [2.24, 2.45) is 0 Å². The maximum atomic E-state index is 13.0. The van der Waals surface area contributed by atoms with Gasteiger partial charge in [0.2, 0.25) is 11.0 Å². The topological polar surface area (TPSA) is 67.3 Å². The van der Waals surface area contributed by atoms with Crippen LogP contribution in [0, 0.1) is 13.8 Å². The molecular formula is C23H26N4O2S. The highest BCUT2D eigenvalue weighted by Crippen LogP contribution is 2.29. The predicted molar refractivity (Wildman–Crippen MR) is 121 cm³/mol. The van der Waals surface area contributed by atoms with Crippen LogP contribution in [0.3, 0.4) is 0 Å². The molecule has 0 radical (unpaired) electrons. The largest absolute Gasteiger partial charge is 0.497 e. The number of benzene rings is 2. The molecule has 6 nitrogen and oxygen atoms in total. The van der Waals surface area contributed by atoms with Crippen LogP contribution in [-0.2, 0) is 11.2 Å². The third kappa shape index (κ3) is 4.46. The number of hydrogen-bond donors (Lipinski definition) is 1. The molecule has 7 heteroatoms. The number of methoxy groups -OCH3 is 1. The van der Waals surface area contributed by atoms with Gasteiger partial charge in [-0.25, -0.2) is 4.98 Å². The molecule has 156 valence electrons. The van der Waals surface area contributed by atoms with Crippen LogP contribution in [-0.4, -0.2) is 35.0 Å². The summed E-state index contributed by atoms with van der Waals surface area (Å²) in [5.41, 5.74) is 4.32. The van der Waals surface area contributed by atoms with E-state index in [1.807, 2.05) is 42.5 Å². The Balaban J connectivity index is 1.45. The average Bonchev–Trinajstić information content (AvgIpc) is 3.40. The van der Waals surface area contributed by atoms with Crippen molar-refractivity contribution in [2.45, 2.75) is 39.2 Å². The SMILES string of the molecule is COc1cccc(Cc2nsc(N3CCC[C@H]3C(=O)Nc3ccc(C)c(C)c3)n2)c1. The summed E-state index contributed by atoms with van der Waals surface area (Å²) in [5.74, 6) is 1.61. The van der Waals surface area contributed by atoms with Gasteiger partial charge in [0.15, 0.2) is 0 Å². The van der Waals surface area contributed by atoms with E-state index in [4.69, 9.17) is 9.72 Å². The van der Waals surface area contributed by atoms with Gasteiger partial charge in [0.1, 0.15) is 17.6 Å². The Bertz CT molecular complexity index is 1050. The number of anilines is 2. The second-order valence-corrected chi connectivity index (χ2v) is 8.39. The van der Waals surface area contributed by atoms with E-state index in [1.165, 1.54) is 22.7 Å². The fourth-order valence-corrected chi connectivity index (χ4v) is 4.47. The highest BCUT2D eigenvalue weighted by molar-refractivity contribution is 7.09. The molecule has 0 bridgehead atoms. The summed E-state index contributed by atoms with van der Waals surface area (Å²) in [6, 6.07) is 13.7. The van der Waals surface area contributed by atoms with Crippen molar-refractivity contribution < 1.29 is 9.53 Å². The number of rotatable bonds is 6. The van der Waals surface area contributed by atoms with Gasteiger partial charge < -0.3 is 15.0 Å².